The zero-order valence-corrected chi connectivity index (χ0v) is 22.0. The van der Waals surface area contributed by atoms with Gasteiger partial charge in [0.2, 0.25) is 10.0 Å². The normalized spacial score (nSPS) is 15.3. The molecule has 1 aromatic heterocycles. The van der Waals surface area contributed by atoms with E-state index in [1.165, 1.54) is 30.3 Å². The molecule has 198 valence electrons. The van der Waals surface area contributed by atoms with Crippen molar-refractivity contribution in [1.82, 2.24) is 5.32 Å². The standard InChI is InChI=1S/C27H36N2O5S.ClH/c1-4-6-9-25-26(23-19-21(29-35(3,31)32)12-15-24(23)34-25)27(30)20-10-13-22(14-11-20)33-18-8-17-28-16-7-5-2;/h10-15,19,28-29H,4-9,16-18H2,1-3H3;1H/i1D3,4D2,6D2;. The highest BCUT2D eigenvalue weighted by atomic mass is 35.5. The Hall–Kier alpha value is -2.55. The number of rotatable bonds is 15. The van der Waals surface area contributed by atoms with Crippen molar-refractivity contribution in [1.29, 1.82) is 0 Å². The summed E-state index contributed by atoms with van der Waals surface area (Å²) < 4.78 is 92.5. The number of carbonyl (C=O) groups excluding carboxylic acids is 1. The van der Waals surface area contributed by atoms with Crippen LogP contribution in [0.4, 0.5) is 5.69 Å². The molecule has 0 atom stereocenters. The van der Waals surface area contributed by atoms with E-state index in [4.69, 9.17) is 18.7 Å². The van der Waals surface area contributed by atoms with Crippen molar-refractivity contribution < 1.29 is 32.0 Å². The second kappa shape index (κ2) is 14.3. The van der Waals surface area contributed by atoms with Gasteiger partial charge in [0.05, 0.1) is 18.4 Å². The molecule has 0 aliphatic heterocycles. The average molecular weight is 544 g/mol. The fourth-order valence-corrected chi connectivity index (χ4v) is 4.14. The van der Waals surface area contributed by atoms with Gasteiger partial charge in [0, 0.05) is 32.7 Å². The lowest BCUT2D eigenvalue weighted by Gasteiger charge is -2.08. The summed E-state index contributed by atoms with van der Waals surface area (Å²) in [5.41, 5.74) is 0.304. The van der Waals surface area contributed by atoms with Crippen LogP contribution in [0.1, 0.15) is 77.1 Å². The Morgan fingerprint density at radius 1 is 1.14 bits per heavy atom. The third kappa shape index (κ3) is 8.54. The van der Waals surface area contributed by atoms with Crippen LogP contribution >= 0.6 is 12.4 Å². The summed E-state index contributed by atoms with van der Waals surface area (Å²) in [5, 5.41) is 3.49. The van der Waals surface area contributed by atoms with Crippen molar-refractivity contribution in [2.24, 2.45) is 0 Å². The van der Waals surface area contributed by atoms with Crippen molar-refractivity contribution in [3.63, 3.8) is 0 Å². The van der Waals surface area contributed by atoms with Gasteiger partial charge in [-0.2, -0.15) is 0 Å². The number of sulfonamides is 1. The van der Waals surface area contributed by atoms with Gasteiger partial charge in [-0.3, -0.25) is 9.52 Å². The summed E-state index contributed by atoms with van der Waals surface area (Å²) in [5.74, 6) is -0.322. The van der Waals surface area contributed by atoms with Gasteiger partial charge in [0.15, 0.2) is 5.78 Å². The first kappa shape index (κ1) is 20.5. The monoisotopic (exact) mass is 543 g/mol. The van der Waals surface area contributed by atoms with E-state index in [0.717, 1.165) is 38.6 Å². The zero-order valence-electron chi connectivity index (χ0n) is 27.3. The summed E-state index contributed by atoms with van der Waals surface area (Å²) in [6, 6.07) is 10.4. The van der Waals surface area contributed by atoms with E-state index in [2.05, 4.69) is 17.0 Å². The molecular weight excluding hydrogens is 500 g/mol. The number of fused-ring (bicyclic) bond motifs is 1. The molecule has 3 rings (SSSR count). The highest BCUT2D eigenvalue weighted by Crippen LogP contribution is 2.32. The molecule has 2 aromatic carbocycles. The molecule has 0 unspecified atom stereocenters. The number of ether oxygens (including phenoxy) is 1. The Morgan fingerprint density at radius 3 is 2.58 bits per heavy atom. The Morgan fingerprint density at radius 2 is 1.89 bits per heavy atom. The number of furan rings is 1. The van der Waals surface area contributed by atoms with Crippen molar-refractivity contribution in [3.05, 3.63) is 59.4 Å². The lowest BCUT2D eigenvalue weighted by molar-refractivity contribution is 0.103. The second-order valence-corrected chi connectivity index (χ2v) is 9.87. The van der Waals surface area contributed by atoms with Gasteiger partial charge in [0.25, 0.3) is 0 Å². The van der Waals surface area contributed by atoms with Gasteiger partial charge >= 0.3 is 0 Å². The third-order valence-electron chi connectivity index (χ3n) is 5.22. The van der Waals surface area contributed by atoms with E-state index < -0.39 is 41.8 Å². The van der Waals surface area contributed by atoms with E-state index in [0.29, 0.717) is 12.4 Å². The number of aryl methyl sites for hydroxylation is 1. The van der Waals surface area contributed by atoms with Crippen molar-refractivity contribution in [3.8, 4) is 5.75 Å². The summed E-state index contributed by atoms with van der Waals surface area (Å²) in [6.07, 6.45) is -3.11. The van der Waals surface area contributed by atoms with Gasteiger partial charge in [-0.15, -0.1) is 12.4 Å². The molecule has 1 heterocycles. The van der Waals surface area contributed by atoms with Gasteiger partial charge in [-0.05, 0) is 74.8 Å². The second-order valence-electron chi connectivity index (χ2n) is 8.12. The van der Waals surface area contributed by atoms with Gasteiger partial charge in [0.1, 0.15) is 17.1 Å². The number of benzene rings is 2. The van der Waals surface area contributed by atoms with Crippen LogP contribution in [0.25, 0.3) is 11.0 Å². The molecular formula is C27H37ClN2O5S. The fourth-order valence-electron chi connectivity index (χ4n) is 3.58. The van der Waals surface area contributed by atoms with Crippen LogP contribution in [0.15, 0.2) is 46.9 Å². The maximum Gasteiger partial charge on any atom is 0.229 e. The molecule has 0 aliphatic rings. The van der Waals surface area contributed by atoms with Crippen LogP contribution in [0.5, 0.6) is 5.75 Å². The molecule has 0 saturated carbocycles. The topological polar surface area (TPSA) is 97.6 Å². The van der Waals surface area contributed by atoms with Crippen LogP contribution in [0.3, 0.4) is 0 Å². The Bertz CT molecular complexity index is 1490. The number of anilines is 1. The molecule has 36 heavy (non-hydrogen) atoms. The molecule has 0 bridgehead atoms. The lowest BCUT2D eigenvalue weighted by atomic mass is 9.98. The van der Waals surface area contributed by atoms with Gasteiger partial charge in [-0.25, -0.2) is 8.42 Å². The lowest BCUT2D eigenvalue weighted by Crippen LogP contribution is -2.18. The van der Waals surface area contributed by atoms with Crippen molar-refractivity contribution in [2.75, 3.05) is 30.7 Å². The first-order chi connectivity index (χ1) is 19.5. The first-order valence-corrected chi connectivity index (χ1v) is 13.4. The van der Waals surface area contributed by atoms with Crippen molar-refractivity contribution >= 4 is 44.9 Å². The van der Waals surface area contributed by atoms with Crippen LogP contribution in [0.2, 0.25) is 0 Å². The minimum absolute atomic E-state index is 0. The Balaban J connectivity index is 0.00000645. The molecule has 0 radical (unpaired) electrons. The quantitative estimate of drug-likeness (QED) is 0.181. The zero-order chi connectivity index (χ0) is 31.3. The minimum Gasteiger partial charge on any atom is -0.494 e. The van der Waals surface area contributed by atoms with Crippen LogP contribution in [-0.2, 0) is 16.4 Å². The van der Waals surface area contributed by atoms with E-state index in [-0.39, 0.29) is 46.0 Å². The summed E-state index contributed by atoms with van der Waals surface area (Å²) in [4.78, 5) is 13.8. The molecule has 0 saturated heterocycles. The van der Waals surface area contributed by atoms with E-state index in [1.54, 1.807) is 12.1 Å². The molecule has 0 fully saturated rings. The Labute approximate surface area is 230 Å². The molecule has 3 aromatic rings. The highest BCUT2D eigenvalue weighted by Gasteiger charge is 2.22. The largest absolute Gasteiger partial charge is 0.494 e. The molecule has 7 nitrogen and oxygen atoms in total. The Kier molecular flexibility index (Phi) is 8.12. The summed E-state index contributed by atoms with van der Waals surface area (Å²) in [7, 11) is -3.66. The number of hydrogen-bond donors (Lipinski definition) is 2. The number of carbonyl (C=O) groups is 1. The predicted molar refractivity (Wildman–Crippen MR) is 148 cm³/mol. The molecule has 9 heteroatoms. The van der Waals surface area contributed by atoms with Gasteiger partial charge in [-0.1, -0.05) is 26.6 Å². The van der Waals surface area contributed by atoms with Crippen LogP contribution < -0.4 is 14.8 Å². The molecule has 0 amide bonds. The maximum atomic E-state index is 13.8. The smallest absolute Gasteiger partial charge is 0.229 e. The number of halogens is 1. The number of unbranched alkanes of at least 4 members (excludes halogenated alkanes) is 1. The van der Waals surface area contributed by atoms with E-state index >= 15 is 0 Å². The first-order valence-electron chi connectivity index (χ1n) is 15.0. The SMILES string of the molecule is Cl.[2H]C([2H])([2H])C([2H])([2H])C([2H])([2H])Cc1oc2ccc(NS(C)(=O)=O)cc2c1C(=O)c1ccc(OCCCNCCCC)cc1. The maximum absolute atomic E-state index is 13.8. The fraction of sp³-hybridized carbons (Fsp3) is 0.444. The summed E-state index contributed by atoms with van der Waals surface area (Å²) >= 11 is 0. The molecule has 0 aliphatic carbocycles. The van der Waals surface area contributed by atoms with E-state index in [9.17, 15) is 13.2 Å². The van der Waals surface area contributed by atoms with Crippen LogP contribution in [0, 0.1) is 0 Å². The average Bonchev–Trinajstić information content (AvgIpc) is 3.22. The third-order valence-corrected chi connectivity index (χ3v) is 5.83. The number of nitrogens with one attached hydrogen (secondary N) is 2. The van der Waals surface area contributed by atoms with Crippen LogP contribution in [-0.4, -0.2) is 40.2 Å². The predicted octanol–water partition coefficient (Wildman–Crippen LogP) is 5.96. The minimum atomic E-state index is -3.66. The molecule has 2 N–H and O–H groups in total. The van der Waals surface area contributed by atoms with Gasteiger partial charge < -0.3 is 14.5 Å². The highest BCUT2D eigenvalue weighted by molar-refractivity contribution is 7.92. The van der Waals surface area contributed by atoms with E-state index in [1.807, 2.05) is 0 Å². The summed E-state index contributed by atoms with van der Waals surface area (Å²) in [6.45, 7) is 1.07. The van der Waals surface area contributed by atoms with Crippen molar-refractivity contribution in [2.45, 2.75) is 52.2 Å². The molecule has 0 spiro atoms. The number of hydrogen-bond acceptors (Lipinski definition) is 6. The number of ketones is 1.